The first-order valence-corrected chi connectivity index (χ1v) is 12.0. The highest BCUT2D eigenvalue weighted by atomic mass is 16.3. The van der Waals surface area contributed by atoms with Crippen molar-refractivity contribution in [2.24, 2.45) is 0 Å². The van der Waals surface area contributed by atoms with Crippen molar-refractivity contribution in [3.05, 3.63) is 53.1 Å². The van der Waals surface area contributed by atoms with Gasteiger partial charge in [-0.15, -0.1) is 0 Å². The molecule has 8 heteroatoms. The van der Waals surface area contributed by atoms with Crippen LogP contribution in [0.5, 0.6) is 5.75 Å². The lowest BCUT2D eigenvalue weighted by molar-refractivity contribution is -0.116. The highest BCUT2D eigenvalue weighted by molar-refractivity contribution is 6.21. The van der Waals surface area contributed by atoms with E-state index in [9.17, 15) is 19.5 Å². The predicted molar refractivity (Wildman–Crippen MR) is 131 cm³/mol. The fourth-order valence-electron chi connectivity index (χ4n) is 4.61. The van der Waals surface area contributed by atoms with Crippen molar-refractivity contribution in [3.63, 3.8) is 0 Å². The van der Waals surface area contributed by atoms with E-state index in [4.69, 9.17) is 5.73 Å². The van der Waals surface area contributed by atoms with Crippen molar-refractivity contribution >= 4 is 29.1 Å². The molecule has 0 unspecified atom stereocenters. The van der Waals surface area contributed by atoms with Crippen LogP contribution >= 0.6 is 0 Å². The summed E-state index contributed by atoms with van der Waals surface area (Å²) in [5.41, 5.74) is 8.29. The van der Waals surface area contributed by atoms with Crippen LogP contribution in [0, 0.1) is 0 Å². The van der Waals surface area contributed by atoms with E-state index in [0.29, 0.717) is 61.3 Å². The number of nitrogens with two attached hydrogens (primary N) is 1. The number of phenolic OH excluding ortho intramolecular Hbond substituents is 1. The molecule has 180 valence electrons. The van der Waals surface area contributed by atoms with Crippen LogP contribution in [-0.4, -0.2) is 52.3 Å². The molecular formula is C26H32N4O4. The largest absolute Gasteiger partial charge is 0.508 e. The molecule has 34 heavy (non-hydrogen) atoms. The number of fused-ring (bicyclic) bond motifs is 1. The first-order valence-electron chi connectivity index (χ1n) is 12.0. The topological polar surface area (TPSA) is 116 Å². The zero-order valence-corrected chi connectivity index (χ0v) is 19.4. The SMILES string of the molecule is Nc1ccccc1NC(=O)CCCCCN1C(=O)c2cc(O)c(CN3CCCCC3)cc2C1=O. The molecule has 0 spiro atoms. The lowest BCUT2D eigenvalue weighted by Gasteiger charge is -2.26. The molecule has 0 aliphatic carbocycles. The van der Waals surface area contributed by atoms with Gasteiger partial charge in [-0.05, 0) is 63.0 Å². The van der Waals surface area contributed by atoms with Crippen LogP contribution in [0.15, 0.2) is 36.4 Å². The maximum Gasteiger partial charge on any atom is 0.261 e. The molecule has 4 N–H and O–H groups in total. The number of aromatic hydroxyl groups is 1. The number of nitrogen functional groups attached to an aromatic ring is 1. The molecule has 1 fully saturated rings. The third-order valence-electron chi connectivity index (χ3n) is 6.53. The van der Waals surface area contributed by atoms with Gasteiger partial charge >= 0.3 is 0 Å². The summed E-state index contributed by atoms with van der Waals surface area (Å²) in [6.07, 6.45) is 5.79. The number of carbonyl (C=O) groups excluding carboxylic acids is 3. The quantitative estimate of drug-likeness (QED) is 0.296. The predicted octanol–water partition coefficient (Wildman–Crippen LogP) is 3.76. The Morgan fingerprint density at radius 3 is 2.41 bits per heavy atom. The van der Waals surface area contributed by atoms with Crippen LogP contribution in [0.25, 0.3) is 0 Å². The van der Waals surface area contributed by atoms with Gasteiger partial charge in [-0.1, -0.05) is 25.0 Å². The number of unbranched alkanes of at least 4 members (excludes halogenated alkanes) is 2. The lowest BCUT2D eigenvalue weighted by atomic mass is 10.0. The summed E-state index contributed by atoms with van der Waals surface area (Å²) in [7, 11) is 0. The molecule has 0 radical (unpaired) electrons. The van der Waals surface area contributed by atoms with Gasteiger partial charge in [0.1, 0.15) is 5.75 Å². The summed E-state index contributed by atoms with van der Waals surface area (Å²) in [6, 6.07) is 10.2. The minimum Gasteiger partial charge on any atom is -0.508 e. The van der Waals surface area contributed by atoms with Gasteiger partial charge in [-0.3, -0.25) is 24.2 Å². The summed E-state index contributed by atoms with van der Waals surface area (Å²) in [6.45, 7) is 2.83. The second kappa shape index (κ2) is 10.7. The van der Waals surface area contributed by atoms with E-state index in [1.807, 2.05) is 6.07 Å². The van der Waals surface area contributed by atoms with E-state index < -0.39 is 0 Å². The van der Waals surface area contributed by atoms with Crippen LogP contribution in [-0.2, 0) is 11.3 Å². The second-order valence-corrected chi connectivity index (χ2v) is 9.07. The Bertz CT molecular complexity index is 1080. The van der Waals surface area contributed by atoms with Gasteiger partial charge in [-0.2, -0.15) is 0 Å². The number of phenols is 1. The fraction of sp³-hybridized carbons (Fsp3) is 0.423. The number of nitrogens with one attached hydrogen (secondary N) is 1. The molecule has 2 heterocycles. The number of amides is 3. The minimum atomic E-state index is -0.364. The van der Waals surface area contributed by atoms with Gasteiger partial charge < -0.3 is 16.2 Å². The molecule has 0 atom stereocenters. The number of para-hydroxylation sites is 2. The third kappa shape index (κ3) is 5.39. The van der Waals surface area contributed by atoms with Gasteiger partial charge in [0.05, 0.1) is 22.5 Å². The number of benzene rings is 2. The maximum absolute atomic E-state index is 12.9. The monoisotopic (exact) mass is 464 g/mol. The molecule has 1 saturated heterocycles. The molecule has 2 aromatic carbocycles. The first-order chi connectivity index (χ1) is 16.4. The van der Waals surface area contributed by atoms with E-state index in [1.54, 1.807) is 24.3 Å². The van der Waals surface area contributed by atoms with Crippen LogP contribution in [0.4, 0.5) is 11.4 Å². The summed E-state index contributed by atoms with van der Waals surface area (Å²) in [5.74, 6) is -0.720. The van der Waals surface area contributed by atoms with E-state index in [-0.39, 0.29) is 29.0 Å². The van der Waals surface area contributed by atoms with Crippen molar-refractivity contribution in [3.8, 4) is 5.75 Å². The Hall–Kier alpha value is -3.39. The lowest BCUT2D eigenvalue weighted by Crippen LogP contribution is -2.30. The Morgan fingerprint density at radius 2 is 1.68 bits per heavy atom. The van der Waals surface area contributed by atoms with Gasteiger partial charge in [0, 0.05) is 25.1 Å². The Labute approximate surface area is 199 Å². The number of piperidine rings is 1. The molecule has 4 rings (SSSR count). The Morgan fingerprint density at radius 1 is 0.971 bits per heavy atom. The number of anilines is 2. The van der Waals surface area contributed by atoms with Gasteiger partial charge in [-0.25, -0.2) is 0 Å². The Kier molecular flexibility index (Phi) is 7.47. The van der Waals surface area contributed by atoms with Crippen molar-refractivity contribution in [1.29, 1.82) is 0 Å². The standard InChI is InChI=1S/C26H32N4O4/c27-21-9-4-5-10-22(21)28-24(32)11-3-1-8-14-30-25(33)19-15-18(17-29-12-6-2-7-13-29)23(31)16-20(19)26(30)34/h4-5,9-10,15-16,31H,1-3,6-8,11-14,17,27H2,(H,28,32). The van der Waals surface area contributed by atoms with Crippen molar-refractivity contribution in [1.82, 2.24) is 9.80 Å². The van der Waals surface area contributed by atoms with Gasteiger partial charge in [0.15, 0.2) is 0 Å². The summed E-state index contributed by atoms with van der Waals surface area (Å²) < 4.78 is 0. The Balaban J connectivity index is 1.26. The molecule has 2 aromatic rings. The number of imide groups is 1. The number of carbonyl (C=O) groups is 3. The molecule has 0 aromatic heterocycles. The number of nitrogens with zero attached hydrogens (tertiary/aromatic N) is 2. The highest BCUT2D eigenvalue weighted by Gasteiger charge is 2.36. The van der Waals surface area contributed by atoms with Crippen LogP contribution in [0.1, 0.15) is 71.2 Å². The van der Waals surface area contributed by atoms with Crippen molar-refractivity contribution in [2.75, 3.05) is 30.7 Å². The van der Waals surface area contributed by atoms with E-state index in [2.05, 4.69) is 10.2 Å². The highest BCUT2D eigenvalue weighted by Crippen LogP contribution is 2.31. The van der Waals surface area contributed by atoms with Crippen molar-refractivity contribution in [2.45, 2.75) is 51.5 Å². The number of likely N-dealkylation sites (tertiary alicyclic amines) is 1. The molecule has 2 aliphatic rings. The third-order valence-corrected chi connectivity index (χ3v) is 6.53. The zero-order chi connectivity index (χ0) is 24.1. The summed E-state index contributed by atoms with van der Waals surface area (Å²) >= 11 is 0. The molecule has 3 amide bonds. The smallest absolute Gasteiger partial charge is 0.261 e. The minimum absolute atomic E-state index is 0.0670. The number of hydrogen-bond donors (Lipinski definition) is 3. The molecule has 2 aliphatic heterocycles. The van der Waals surface area contributed by atoms with Crippen LogP contribution in [0.3, 0.4) is 0 Å². The molecular weight excluding hydrogens is 432 g/mol. The van der Waals surface area contributed by atoms with E-state index in [0.717, 1.165) is 25.9 Å². The molecule has 0 saturated carbocycles. The van der Waals surface area contributed by atoms with Crippen LogP contribution < -0.4 is 11.1 Å². The van der Waals surface area contributed by atoms with Gasteiger partial charge in [0.2, 0.25) is 5.91 Å². The maximum atomic E-state index is 12.9. The number of rotatable bonds is 9. The zero-order valence-electron chi connectivity index (χ0n) is 19.4. The van der Waals surface area contributed by atoms with Gasteiger partial charge in [0.25, 0.3) is 11.8 Å². The van der Waals surface area contributed by atoms with E-state index in [1.165, 1.54) is 17.4 Å². The summed E-state index contributed by atoms with van der Waals surface area (Å²) in [4.78, 5) is 41.3. The van der Waals surface area contributed by atoms with Crippen molar-refractivity contribution < 1.29 is 19.5 Å². The van der Waals surface area contributed by atoms with E-state index >= 15 is 0 Å². The molecule has 0 bridgehead atoms. The second-order valence-electron chi connectivity index (χ2n) is 9.07. The average Bonchev–Trinajstić information content (AvgIpc) is 3.05. The average molecular weight is 465 g/mol. The fourth-order valence-corrected chi connectivity index (χ4v) is 4.61. The van der Waals surface area contributed by atoms with Crippen LogP contribution in [0.2, 0.25) is 0 Å². The normalized spacial score (nSPS) is 16.1. The first kappa shape index (κ1) is 23.8. The number of hydrogen-bond acceptors (Lipinski definition) is 6. The molecule has 8 nitrogen and oxygen atoms in total. The summed E-state index contributed by atoms with van der Waals surface area (Å²) in [5, 5.41) is 13.3.